The van der Waals surface area contributed by atoms with Gasteiger partial charge < -0.3 is 16.4 Å². The number of anilines is 3. The van der Waals surface area contributed by atoms with Crippen molar-refractivity contribution in [3.05, 3.63) is 60.3 Å². The summed E-state index contributed by atoms with van der Waals surface area (Å²) in [6.07, 6.45) is 1.71. The second kappa shape index (κ2) is 8.86. The molecule has 0 saturated heterocycles. The Kier molecular flexibility index (Phi) is 6.56. The van der Waals surface area contributed by atoms with Gasteiger partial charge >= 0.3 is 6.03 Å². The van der Waals surface area contributed by atoms with Gasteiger partial charge in [0.1, 0.15) is 5.82 Å². The molecular weight excluding hydrogens is 366 g/mol. The van der Waals surface area contributed by atoms with Crippen molar-refractivity contribution in [2.24, 2.45) is 5.73 Å². The average molecular weight is 386 g/mol. The zero-order valence-electron chi connectivity index (χ0n) is 14.7. The summed E-state index contributed by atoms with van der Waals surface area (Å²) >= 11 is 0. The molecule has 0 aliphatic rings. The number of hydrogen-bond donors (Lipinski definition) is 4. The zero-order valence-corrected chi connectivity index (χ0v) is 15.5. The normalized spacial score (nSPS) is 9.96. The molecule has 7 nitrogen and oxygen atoms in total. The molecule has 1 aromatic heterocycles. The molecule has 8 heteroatoms. The monoisotopic (exact) mass is 385 g/mol. The van der Waals surface area contributed by atoms with Gasteiger partial charge in [-0.25, -0.2) is 9.78 Å². The molecule has 0 bridgehead atoms. The number of aromatic nitrogens is 1. The van der Waals surface area contributed by atoms with Crippen molar-refractivity contribution in [2.45, 2.75) is 6.92 Å². The van der Waals surface area contributed by atoms with Crippen LogP contribution in [0.25, 0.3) is 10.8 Å². The van der Waals surface area contributed by atoms with Gasteiger partial charge in [0, 0.05) is 35.1 Å². The number of rotatable bonds is 5. The first kappa shape index (κ1) is 20.0. The Balaban J connectivity index is 0.00000261. The van der Waals surface area contributed by atoms with Gasteiger partial charge in [-0.3, -0.25) is 10.1 Å². The van der Waals surface area contributed by atoms with Crippen molar-refractivity contribution in [1.29, 1.82) is 0 Å². The predicted molar refractivity (Wildman–Crippen MR) is 110 cm³/mol. The van der Waals surface area contributed by atoms with Crippen molar-refractivity contribution < 1.29 is 9.59 Å². The molecule has 5 N–H and O–H groups in total. The van der Waals surface area contributed by atoms with Crippen LogP contribution in [0.1, 0.15) is 17.3 Å². The highest BCUT2D eigenvalue weighted by atomic mass is 35.5. The molecular formula is C19H20ClN5O2. The van der Waals surface area contributed by atoms with E-state index in [1.165, 1.54) is 0 Å². The molecule has 0 unspecified atom stereocenters. The number of primary amides is 1. The minimum Gasteiger partial charge on any atom is -0.366 e. The number of nitrogens with one attached hydrogen (secondary N) is 3. The summed E-state index contributed by atoms with van der Waals surface area (Å²) in [4.78, 5) is 27.1. The van der Waals surface area contributed by atoms with Crippen LogP contribution in [0.15, 0.2) is 54.7 Å². The van der Waals surface area contributed by atoms with Gasteiger partial charge in [0.15, 0.2) is 0 Å². The number of hydrogen-bond acceptors (Lipinski definition) is 4. The van der Waals surface area contributed by atoms with E-state index in [1.54, 1.807) is 30.5 Å². The molecule has 0 atom stereocenters. The third kappa shape index (κ3) is 4.86. The first-order valence-electron chi connectivity index (χ1n) is 8.17. The maximum Gasteiger partial charge on any atom is 0.320 e. The van der Waals surface area contributed by atoms with Gasteiger partial charge in [-0.1, -0.05) is 12.1 Å². The molecule has 27 heavy (non-hydrogen) atoms. The summed E-state index contributed by atoms with van der Waals surface area (Å²) in [5.74, 6) is 0.0180. The zero-order chi connectivity index (χ0) is 18.5. The van der Waals surface area contributed by atoms with Crippen LogP contribution in [0.2, 0.25) is 0 Å². The van der Waals surface area contributed by atoms with Crippen LogP contribution in [-0.4, -0.2) is 23.5 Å². The van der Waals surface area contributed by atoms with Crippen molar-refractivity contribution >= 4 is 52.3 Å². The van der Waals surface area contributed by atoms with E-state index in [0.29, 0.717) is 17.9 Å². The highest BCUT2D eigenvalue weighted by Gasteiger charge is 2.06. The Labute approximate surface area is 162 Å². The summed E-state index contributed by atoms with van der Waals surface area (Å²) in [7, 11) is 0. The second-order valence-corrected chi connectivity index (χ2v) is 5.65. The van der Waals surface area contributed by atoms with Crippen molar-refractivity contribution in [3.8, 4) is 0 Å². The molecule has 140 valence electrons. The van der Waals surface area contributed by atoms with E-state index in [4.69, 9.17) is 5.73 Å². The van der Waals surface area contributed by atoms with Gasteiger partial charge in [0.2, 0.25) is 5.91 Å². The van der Waals surface area contributed by atoms with Crippen LogP contribution in [0.5, 0.6) is 0 Å². The Bertz CT molecular complexity index is 960. The van der Waals surface area contributed by atoms with Crippen LogP contribution in [0.3, 0.4) is 0 Å². The van der Waals surface area contributed by atoms with E-state index in [-0.39, 0.29) is 18.4 Å². The molecule has 2 aromatic carbocycles. The summed E-state index contributed by atoms with van der Waals surface area (Å²) in [6, 6.07) is 14.2. The molecule has 0 saturated carbocycles. The number of halogens is 1. The number of carbonyl (C=O) groups is 2. The number of pyridine rings is 1. The molecule has 3 aromatic rings. The van der Waals surface area contributed by atoms with Crippen LogP contribution in [0, 0.1) is 0 Å². The molecule has 0 aliphatic carbocycles. The van der Waals surface area contributed by atoms with Gasteiger partial charge in [0.25, 0.3) is 0 Å². The second-order valence-electron chi connectivity index (χ2n) is 5.65. The van der Waals surface area contributed by atoms with Crippen molar-refractivity contribution in [2.75, 3.05) is 17.2 Å². The topological polar surface area (TPSA) is 109 Å². The smallest absolute Gasteiger partial charge is 0.320 e. The summed E-state index contributed by atoms with van der Waals surface area (Å²) in [5, 5.41) is 10.5. The average Bonchev–Trinajstić information content (AvgIpc) is 2.62. The quantitative estimate of drug-likeness (QED) is 0.537. The first-order chi connectivity index (χ1) is 12.6. The first-order valence-corrected chi connectivity index (χ1v) is 8.17. The minimum absolute atomic E-state index is 0. The molecule has 0 fully saturated rings. The largest absolute Gasteiger partial charge is 0.366 e. The van der Waals surface area contributed by atoms with E-state index < -0.39 is 5.91 Å². The number of benzene rings is 2. The Hall–Kier alpha value is -3.32. The lowest BCUT2D eigenvalue weighted by Gasteiger charge is -2.11. The number of nitrogens with zero attached hydrogens (tertiary/aromatic N) is 1. The highest BCUT2D eigenvalue weighted by Crippen LogP contribution is 2.27. The van der Waals surface area contributed by atoms with Crippen LogP contribution < -0.4 is 21.7 Å². The fraction of sp³-hybridized carbons (Fsp3) is 0.105. The van der Waals surface area contributed by atoms with Gasteiger partial charge in [-0.15, -0.1) is 12.4 Å². The SMILES string of the molecule is CCNC(=O)Nc1cc2cccc(Nc3ccc(C(N)=O)cc3)c2cn1.Cl. The molecule has 3 amide bonds. The van der Waals surface area contributed by atoms with E-state index in [0.717, 1.165) is 22.1 Å². The van der Waals surface area contributed by atoms with E-state index in [1.807, 2.05) is 31.2 Å². The Morgan fingerprint density at radius 2 is 1.85 bits per heavy atom. The van der Waals surface area contributed by atoms with Gasteiger partial charge in [-0.2, -0.15) is 0 Å². The molecule has 3 rings (SSSR count). The number of nitrogens with two attached hydrogens (primary N) is 1. The molecule has 0 aliphatic heterocycles. The molecule has 1 heterocycles. The van der Waals surface area contributed by atoms with E-state index in [9.17, 15) is 9.59 Å². The van der Waals surface area contributed by atoms with Crippen LogP contribution in [0.4, 0.5) is 22.0 Å². The predicted octanol–water partition coefficient (Wildman–Crippen LogP) is 3.64. The Morgan fingerprint density at radius 1 is 1.11 bits per heavy atom. The third-order valence-electron chi connectivity index (χ3n) is 3.79. The van der Waals surface area contributed by atoms with Crippen LogP contribution in [-0.2, 0) is 0 Å². The van der Waals surface area contributed by atoms with Crippen molar-refractivity contribution in [3.63, 3.8) is 0 Å². The van der Waals surface area contributed by atoms with Gasteiger partial charge in [-0.05, 0) is 48.7 Å². The summed E-state index contributed by atoms with van der Waals surface area (Å²) in [6.45, 7) is 2.39. The minimum atomic E-state index is -0.460. The van der Waals surface area contributed by atoms with Crippen LogP contribution >= 0.6 is 12.4 Å². The lowest BCUT2D eigenvalue weighted by Crippen LogP contribution is -2.28. The number of fused-ring (bicyclic) bond motifs is 1. The molecule has 0 radical (unpaired) electrons. The number of amides is 3. The molecule has 0 spiro atoms. The standard InChI is InChI=1S/C19H19N5O2.ClH/c1-2-21-19(26)24-17-10-13-4-3-5-16(15(13)11-22-17)23-14-8-6-12(7-9-14)18(20)25;/h3-11,23H,2H2,1H3,(H2,20,25)(H2,21,22,24,26);1H. The highest BCUT2D eigenvalue weighted by molar-refractivity contribution is 5.98. The number of urea groups is 1. The lowest BCUT2D eigenvalue weighted by atomic mass is 10.1. The lowest BCUT2D eigenvalue weighted by molar-refractivity contribution is 0.100. The Morgan fingerprint density at radius 3 is 2.52 bits per heavy atom. The summed E-state index contributed by atoms with van der Waals surface area (Å²) < 4.78 is 0. The fourth-order valence-corrected chi connectivity index (χ4v) is 2.54. The third-order valence-corrected chi connectivity index (χ3v) is 3.79. The van der Waals surface area contributed by atoms with E-state index in [2.05, 4.69) is 20.9 Å². The summed E-state index contributed by atoms with van der Waals surface area (Å²) in [5.41, 5.74) is 7.40. The fourth-order valence-electron chi connectivity index (χ4n) is 2.54. The van der Waals surface area contributed by atoms with E-state index >= 15 is 0 Å². The maximum absolute atomic E-state index is 11.6. The maximum atomic E-state index is 11.6. The van der Waals surface area contributed by atoms with Gasteiger partial charge in [0.05, 0.1) is 0 Å². The number of carbonyl (C=O) groups excluding carboxylic acids is 2. The van der Waals surface area contributed by atoms with Crippen molar-refractivity contribution in [1.82, 2.24) is 10.3 Å².